The Morgan fingerprint density at radius 2 is 2.18 bits per heavy atom. The first-order chi connectivity index (χ1) is 8.04. The van der Waals surface area contributed by atoms with Crippen LogP contribution in [0.5, 0.6) is 0 Å². The fourth-order valence-electron chi connectivity index (χ4n) is 1.94. The number of aliphatic hydroxyl groups is 1. The minimum atomic E-state index is -0.0223. The number of H-pyrrole nitrogens is 1. The molecule has 5 nitrogen and oxygen atoms in total. The second-order valence-corrected chi connectivity index (χ2v) is 4.49. The number of nitrogens with zero attached hydrogens (tertiary/aromatic N) is 3. The van der Waals surface area contributed by atoms with Gasteiger partial charge in [-0.05, 0) is 26.1 Å². The van der Waals surface area contributed by atoms with E-state index >= 15 is 0 Å². The summed E-state index contributed by atoms with van der Waals surface area (Å²) < 4.78 is 4.38. The molecule has 2 aromatic heterocycles. The predicted molar refractivity (Wildman–Crippen MR) is 67.3 cm³/mol. The van der Waals surface area contributed by atoms with Gasteiger partial charge in [0, 0.05) is 24.5 Å². The number of rotatable bonds is 3. The van der Waals surface area contributed by atoms with Gasteiger partial charge in [-0.1, -0.05) is 0 Å². The van der Waals surface area contributed by atoms with Gasteiger partial charge < -0.3 is 14.7 Å². The third kappa shape index (κ3) is 2.05. The Kier molecular flexibility index (Phi) is 3.17. The highest BCUT2D eigenvalue weighted by Crippen LogP contribution is 2.15. The monoisotopic (exact) mass is 252 g/mol. The number of hydrogen-bond acceptors (Lipinski definition) is 3. The molecule has 2 N–H and O–H groups in total. The van der Waals surface area contributed by atoms with Crippen molar-refractivity contribution in [3.63, 3.8) is 0 Å². The van der Waals surface area contributed by atoms with Gasteiger partial charge >= 0.3 is 0 Å². The van der Waals surface area contributed by atoms with Gasteiger partial charge in [-0.15, -0.1) is 0 Å². The van der Waals surface area contributed by atoms with E-state index in [0.717, 1.165) is 22.6 Å². The van der Waals surface area contributed by atoms with Crippen molar-refractivity contribution in [2.45, 2.75) is 27.0 Å². The molecule has 0 fully saturated rings. The second kappa shape index (κ2) is 4.46. The minimum Gasteiger partial charge on any atom is -0.390 e. The first-order valence-corrected chi connectivity index (χ1v) is 5.82. The molecule has 6 heteroatoms. The number of aryl methyl sites for hydroxylation is 2. The molecule has 17 heavy (non-hydrogen) atoms. The number of hydrogen-bond donors (Lipinski definition) is 2. The second-order valence-electron chi connectivity index (χ2n) is 4.10. The summed E-state index contributed by atoms with van der Waals surface area (Å²) >= 11 is 5.20. The van der Waals surface area contributed by atoms with Crippen LogP contribution in [-0.4, -0.2) is 24.4 Å². The highest BCUT2D eigenvalue weighted by Gasteiger charge is 2.12. The third-order valence-electron chi connectivity index (χ3n) is 3.09. The molecule has 2 aromatic rings. The average Bonchev–Trinajstić information content (AvgIpc) is 2.75. The van der Waals surface area contributed by atoms with Gasteiger partial charge in [-0.3, -0.25) is 4.68 Å². The van der Waals surface area contributed by atoms with E-state index in [1.54, 1.807) is 6.20 Å². The molecule has 0 saturated carbocycles. The van der Waals surface area contributed by atoms with E-state index in [9.17, 15) is 5.11 Å². The molecule has 0 atom stereocenters. The summed E-state index contributed by atoms with van der Waals surface area (Å²) in [5.74, 6) is 0. The van der Waals surface area contributed by atoms with Crippen LogP contribution in [0.25, 0.3) is 0 Å². The van der Waals surface area contributed by atoms with Crippen LogP contribution >= 0.6 is 12.2 Å². The number of aromatic nitrogens is 4. The van der Waals surface area contributed by atoms with Crippen molar-refractivity contribution in [2.75, 3.05) is 0 Å². The van der Waals surface area contributed by atoms with Crippen molar-refractivity contribution < 1.29 is 5.11 Å². The van der Waals surface area contributed by atoms with E-state index in [2.05, 4.69) is 10.1 Å². The fourth-order valence-corrected chi connectivity index (χ4v) is 2.18. The summed E-state index contributed by atoms with van der Waals surface area (Å²) in [5, 5.41) is 13.6. The molecule has 0 bridgehead atoms. The molecule has 0 saturated heterocycles. The molecule has 2 rings (SSSR count). The largest absolute Gasteiger partial charge is 0.390 e. The molecular weight excluding hydrogens is 236 g/mol. The van der Waals surface area contributed by atoms with Crippen molar-refractivity contribution in [3.8, 4) is 0 Å². The zero-order valence-corrected chi connectivity index (χ0v) is 11.0. The third-order valence-corrected chi connectivity index (χ3v) is 3.43. The van der Waals surface area contributed by atoms with Crippen molar-refractivity contribution >= 4 is 12.2 Å². The molecule has 0 radical (unpaired) electrons. The lowest BCUT2D eigenvalue weighted by molar-refractivity contribution is 0.271. The Morgan fingerprint density at radius 3 is 2.71 bits per heavy atom. The van der Waals surface area contributed by atoms with Crippen LogP contribution < -0.4 is 0 Å². The van der Waals surface area contributed by atoms with Crippen LogP contribution in [0.4, 0.5) is 0 Å². The summed E-state index contributed by atoms with van der Waals surface area (Å²) in [6, 6.07) is 0. The summed E-state index contributed by atoms with van der Waals surface area (Å²) in [4.78, 5) is 2.94. The van der Waals surface area contributed by atoms with Gasteiger partial charge in [-0.2, -0.15) is 5.10 Å². The van der Waals surface area contributed by atoms with Crippen molar-refractivity contribution in [3.05, 3.63) is 33.6 Å². The first-order valence-electron chi connectivity index (χ1n) is 5.41. The van der Waals surface area contributed by atoms with Gasteiger partial charge in [0.2, 0.25) is 0 Å². The Hall–Kier alpha value is -1.40. The molecule has 0 spiro atoms. The van der Waals surface area contributed by atoms with Crippen LogP contribution in [-0.2, 0) is 20.2 Å². The lowest BCUT2D eigenvalue weighted by Gasteiger charge is -2.07. The lowest BCUT2D eigenvalue weighted by Crippen LogP contribution is -2.06. The van der Waals surface area contributed by atoms with E-state index in [0.29, 0.717) is 11.3 Å². The molecule has 0 aliphatic heterocycles. The lowest BCUT2D eigenvalue weighted by atomic mass is 10.2. The van der Waals surface area contributed by atoms with Crippen molar-refractivity contribution in [2.24, 2.45) is 7.05 Å². The molecule has 0 aliphatic rings. The maximum Gasteiger partial charge on any atom is 0.177 e. The Balaban J connectivity index is 2.44. The normalized spacial score (nSPS) is 11.1. The number of aromatic amines is 1. The van der Waals surface area contributed by atoms with Crippen LogP contribution in [0.15, 0.2) is 6.20 Å². The van der Waals surface area contributed by atoms with Crippen LogP contribution in [0.1, 0.15) is 22.6 Å². The van der Waals surface area contributed by atoms with Crippen LogP contribution in [0, 0.1) is 18.6 Å². The van der Waals surface area contributed by atoms with Gasteiger partial charge in [0.05, 0.1) is 24.5 Å². The van der Waals surface area contributed by atoms with E-state index in [4.69, 9.17) is 12.2 Å². The Morgan fingerprint density at radius 1 is 1.47 bits per heavy atom. The van der Waals surface area contributed by atoms with E-state index in [1.165, 1.54) is 0 Å². The molecule has 0 aromatic carbocycles. The smallest absolute Gasteiger partial charge is 0.177 e. The number of nitrogens with one attached hydrogen (secondary N) is 1. The molecule has 92 valence electrons. The van der Waals surface area contributed by atoms with Crippen LogP contribution in [0.3, 0.4) is 0 Å². The van der Waals surface area contributed by atoms with Crippen LogP contribution in [0.2, 0.25) is 0 Å². The highest BCUT2D eigenvalue weighted by molar-refractivity contribution is 7.71. The highest BCUT2D eigenvalue weighted by atomic mass is 32.1. The standard InChI is InChI=1S/C11H16N4OS/c1-7-10(8(2)14(3)13-7)5-15-9(6-16)4-12-11(15)17/h4,16H,5-6H2,1-3H3,(H,12,17). The SMILES string of the molecule is Cc1nn(C)c(C)c1Cn1c(CO)c[nH]c1=S. The number of imidazole rings is 1. The summed E-state index contributed by atoms with van der Waals surface area (Å²) in [6.07, 6.45) is 1.74. The Bertz CT molecular complexity index is 593. The molecular formula is C11H16N4OS. The summed E-state index contributed by atoms with van der Waals surface area (Å²) in [7, 11) is 1.93. The Labute approximate surface area is 105 Å². The maximum absolute atomic E-state index is 9.25. The van der Waals surface area contributed by atoms with E-state index in [1.807, 2.05) is 30.1 Å². The first kappa shape index (κ1) is 12.1. The summed E-state index contributed by atoms with van der Waals surface area (Å²) in [6.45, 7) is 4.64. The van der Waals surface area contributed by atoms with E-state index < -0.39 is 0 Å². The van der Waals surface area contributed by atoms with E-state index in [-0.39, 0.29) is 6.61 Å². The van der Waals surface area contributed by atoms with Crippen molar-refractivity contribution in [1.29, 1.82) is 0 Å². The quantitative estimate of drug-likeness (QED) is 0.813. The summed E-state index contributed by atoms with van der Waals surface area (Å²) in [5.41, 5.74) is 4.06. The van der Waals surface area contributed by atoms with Gasteiger partial charge in [-0.25, -0.2) is 0 Å². The maximum atomic E-state index is 9.25. The number of aliphatic hydroxyl groups excluding tert-OH is 1. The molecule has 0 amide bonds. The molecule has 2 heterocycles. The topological polar surface area (TPSA) is 58.8 Å². The molecule has 0 aliphatic carbocycles. The zero-order valence-electron chi connectivity index (χ0n) is 10.2. The van der Waals surface area contributed by atoms with Gasteiger partial charge in [0.25, 0.3) is 0 Å². The molecule has 0 unspecified atom stereocenters. The van der Waals surface area contributed by atoms with Gasteiger partial charge in [0.1, 0.15) is 0 Å². The zero-order chi connectivity index (χ0) is 12.6. The van der Waals surface area contributed by atoms with Gasteiger partial charge in [0.15, 0.2) is 4.77 Å². The fraction of sp³-hybridized carbons (Fsp3) is 0.455. The van der Waals surface area contributed by atoms with Crippen molar-refractivity contribution in [1.82, 2.24) is 19.3 Å². The predicted octanol–water partition coefficient (Wildman–Crippen LogP) is 1.44. The minimum absolute atomic E-state index is 0.0223. The average molecular weight is 252 g/mol.